The molecule has 0 aliphatic carbocycles. The molecule has 0 saturated carbocycles. The molecule has 0 atom stereocenters. The van der Waals surface area contributed by atoms with Crippen LogP contribution in [-0.2, 0) is 4.79 Å². The van der Waals surface area contributed by atoms with E-state index in [-0.39, 0.29) is 11.5 Å². The summed E-state index contributed by atoms with van der Waals surface area (Å²) in [6.07, 6.45) is 0.893. The maximum absolute atomic E-state index is 13.2. The van der Waals surface area contributed by atoms with Gasteiger partial charge >= 0.3 is 0 Å². The summed E-state index contributed by atoms with van der Waals surface area (Å²) in [7, 11) is 0. The molecular formula is C18H20FN3O2. The van der Waals surface area contributed by atoms with Gasteiger partial charge in [0.2, 0.25) is 5.91 Å². The van der Waals surface area contributed by atoms with E-state index in [2.05, 4.69) is 10.6 Å². The second-order valence-electron chi connectivity index (χ2n) is 5.45. The first-order valence-electron chi connectivity index (χ1n) is 7.67. The number of anilines is 2. The van der Waals surface area contributed by atoms with Crippen molar-refractivity contribution in [2.45, 2.75) is 19.8 Å². The maximum atomic E-state index is 13.2. The number of benzene rings is 2. The van der Waals surface area contributed by atoms with Gasteiger partial charge in [0.05, 0.1) is 11.4 Å². The number of hydrogen-bond acceptors (Lipinski definition) is 3. The summed E-state index contributed by atoms with van der Waals surface area (Å²) < 4.78 is 13.2. The average molecular weight is 329 g/mol. The number of amides is 2. The van der Waals surface area contributed by atoms with Crippen LogP contribution in [-0.4, -0.2) is 18.4 Å². The first-order chi connectivity index (χ1) is 11.5. The Morgan fingerprint density at radius 1 is 1.08 bits per heavy atom. The number of carbonyl (C=O) groups excluding carboxylic acids is 2. The lowest BCUT2D eigenvalue weighted by atomic mass is 10.1. The van der Waals surface area contributed by atoms with Crippen LogP contribution in [0.3, 0.4) is 0 Å². The largest absolute Gasteiger partial charge is 0.330 e. The Morgan fingerprint density at radius 3 is 2.58 bits per heavy atom. The quantitative estimate of drug-likeness (QED) is 0.761. The van der Waals surface area contributed by atoms with E-state index in [9.17, 15) is 14.0 Å². The van der Waals surface area contributed by atoms with Crippen LogP contribution in [0.5, 0.6) is 0 Å². The minimum Gasteiger partial charge on any atom is -0.330 e. The smallest absolute Gasteiger partial charge is 0.255 e. The highest BCUT2D eigenvalue weighted by Crippen LogP contribution is 2.24. The summed E-state index contributed by atoms with van der Waals surface area (Å²) in [5, 5.41) is 5.47. The lowest BCUT2D eigenvalue weighted by Gasteiger charge is -2.13. The van der Waals surface area contributed by atoms with E-state index in [1.54, 1.807) is 12.1 Å². The summed E-state index contributed by atoms with van der Waals surface area (Å²) in [4.78, 5) is 24.2. The van der Waals surface area contributed by atoms with Crippen molar-refractivity contribution in [3.8, 4) is 0 Å². The van der Waals surface area contributed by atoms with Crippen LogP contribution < -0.4 is 16.4 Å². The van der Waals surface area contributed by atoms with Crippen LogP contribution in [0.4, 0.5) is 15.8 Å². The fourth-order valence-electron chi connectivity index (χ4n) is 2.17. The Balaban J connectivity index is 2.17. The van der Waals surface area contributed by atoms with Crippen molar-refractivity contribution < 1.29 is 14.0 Å². The van der Waals surface area contributed by atoms with Gasteiger partial charge in [0.15, 0.2) is 0 Å². The number of halogens is 1. The summed E-state index contributed by atoms with van der Waals surface area (Å²) in [6, 6.07) is 10.7. The number of carbonyl (C=O) groups is 2. The Labute approximate surface area is 140 Å². The maximum Gasteiger partial charge on any atom is 0.255 e. The van der Waals surface area contributed by atoms with Crippen LogP contribution in [0.2, 0.25) is 0 Å². The molecule has 0 radical (unpaired) electrons. The van der Waals surface area contributed by atoms with Crippen LogP contribution in [0.25, 0.3) is 0 Å². The van der Waals surface area contributed by atoms with Gasteiger partial charge in [-0.2, -0.15) is 0 Å². The number of nitrogens with one attached hydrogen (secondary N) is 2. The van der Waals surface area contributed by atoms with Crippen LogP contribution in [0.1, 0.15) is 28.8 Å². The minimum atomic E-state index is -0.484. The minimum absolute atomic E-state index is 0.174. The summed E-state index contributed by atoms with van der Waals surface area (Å²) >= 11 is 0. The molecule has 2 aromatic rings. The highest BCUT2D eigenvalue weighted by atomic mass is 19.1. The zero-order valence-electron chi connectivity index (χ0n) is 13.4. The Morgan fingerprint density at radius 2 is 1.88 bits per heavy atom. The van der Waals surface area contributed by atoms with E-state index < -0.39 is 11.7 Å². The lowest BCUT2D eigenvalue weighted by Crippen LogP contribution is -2.17. The molecule has 2 amide bonds. The second-order valence-corrected chi connectivity index (χ2v) is 5.45. The third kappa shape index (κ3) is 4.89. The first kappa shape index (κ1) is 17.6. The lowest BCUT2D eigenvalue weighted by molar-refractivity contribution is -0.116. The van der Waals surface area contributed by atoms with Gasteiger partial charge < -0.3 is 16.4 Å². The molecule has 6 heteroatoms. The van der Waals surface area contributed by atoms with E-state index in [0.29, 0.717) is 30.8 Å². The molecule has 126 valence electrons. The number of aryl methyl sites for hydroxylation is 1. The molecule has 0 fully saturated rings. The van der Waals surface area contributed by atoms with E-state index in [4.69, 9.17) is 5.73 Å². The molecule has 4 N–H and O–H groups in total. The number of hydrogen-bond donors (Lipinski definition) is 3. The molecule has 0 unspecified atom stereocenters. The normalized spacial score (nSPS) is 10.3. The van der Waals surface area contributed by atoms with Crippen molar-refractivity contribution in [1.82, 2.24) is 0 Å². The van der Waals surface area contributed by atoms with Crippen molar-refractivity contribution in [1.29, 1.82) is 0 Å². The van der Waals surface area contributed by atoms with Crippen LogP contribution in [0, 0.1) is 12.7 Å². The molecule has 2 rings (SSSR count). The van der Waals surface area contributed by atoms with Crippen LogP contribution >= 0.6 is 0 Å². The topological polar surface area (TPSA) is 84.2 Å². The molecule has 24 heavy (non-hydrogen) atoms. The van der Waals surface area contributed by atoms with Crippen molar-refractivity contribution >= 4 is 23.2 Å². The third-order valence-electron chi connectivity index (χ3n) is 3.39. The average Bonchev–Trinajstić information content (AvgIpc) is 2.55. The Hall–Kier alpha value is -2.73. The van der Waals surface area contributed by atoms with Gasteiger partial charge in [-0.05, 0) is 55.8 Å². The standard InChI is InChI=1S/C18H20FN3O2/c1-12-7-8-15(16(10-12)21-17(23)6-3-9-20)22-18(24)13-4-2-5-14(19)11-13/h2,4-5,7-8,10-11H,3,6,9,20H2,1H3,(H,21,23)(H,22,24). The van der Waals surface area contributed by atoms with Crippen molar-refractivity contribution in [2.24, 2.45) is 5.73 Å². The molecule has 0 aliphatic rings. The van der Waals surface area contributed by atoms with Crippen molar-refractivity contribution in [3.63, 3.8) is 0 Å². The fraction of sp³-hybridized carbons (Fsp3) is 0.222. The van der Waals surface area contributed by atoms with Gasteiger partial charge in [-0.15, -0.1) is 0 Å². The summed E-state index contributed by atoms with van der Waals surface area (Å²) in [5.74, 6) is -1.11. The highest BCUT2D eigenvalue weighted by molar-refractivity contribution is 6.07. The highest BCUT2D eigenvalue weighted by Gasteiger charge is 2.12. The second kappa shape index (κ2) is 8.21. The molecule has 0 aromatic heterocycles. The monoisotopic (exact) mass is 329 g/mol. The van der Waals surface area contributed by atoms with Gasteiger partial charge in [0.25, 0.3) is 5.91 Å². The zero-order chi connectivity index (χ0) is 17.5. The Kier molecular flexibility index (Phi) is 6.03. The molecule has 0 saturated heterocycles. The Bertz CT molecular complexity index is 747. The fourth-order valence-corrected chi connectivity index (χ4v) is 2.17. The third-order valence-corrected chi connectivity index (χ3v) is 3.39. The zero-order valence-corrected chi connectivity index (χ0v) is 13.4. The van der Waals surface area contributed by atoms with Crippen LogP contribution in [0.15, 0.2) is 42.5 Å². The predicted molar refractivity (Wildman–Crippen MR) is 92.5 cm³/mol. The van der Waals surface area contributed by atoms with Crippen molar-refractivity contribution in [3.05, 3.63) is 59.4 Å². The van der Waals surface area contributed by atoms with Gasteiger partial charge in [-0.1, -0.05) is 12.1 Å². The van der Waals surface area contributed by atoms with Crippen molar-refractivity contribution in [2.75, 3.05) is 17.2 Å². The predicted octanol–water partition coefficient (Wildman–Crippen LogP) is 3.06. The van der Waals surface area contributed by atoms with Gasteiger partial charge in [0.1, 0.15) is 5.82 Å². The molecule has 5 nitrogen and oxygen atoms in total. The molecule has 0 heterocycles. The SMILES string of the molecule is Cc1ccc(NC(=O)c2cccc(F)c2)c(NC(=O)CCCN)c1. The summed E-state index contributed by atoms with van der Waals surface area (Å²) in [6.45, 7) is 2.32. The first-order valence-corrected chi connectivity index (χ1v) is 7.67. The van der Waals surface area contributed by atoms with Gasteiger partial charge in [-0.3, -0.25) is 9.59 Å². The molecule has 0 bridgehead atoms. The van der Waals surface area contributed by atoms with E-state index in [1.165, 1.54) is 18.2 Å². The molecule has 2 aromatic carbocycles. The van der Waals surface area contributed by atoms with E-state index >= 15 is 0 Å². The van der Waals surface area contributed by atoms with E-state index in [1.807, 2.05) is 13.0 Å². The summed E-state index contributed by atoms with van der Waals surface area (Å²) in [5.41, 5.74) is 7.50. The number of rotatable bonds is 6. The molecular weight excluding hydrogens is 309 g/mol. The van der Waals surface area contributed by atoms with E-state index in [0.717, 1.165) is 11.6 Å². The number of nitrogens with two attached hydrogens (primary N) is 1. The van der Waals surface area contributed by atoms with Gasteiger partial charge in [0, 0.05) is 12.0 Å². The molecule has 0 spiro atoms. The van der Waals surface area contributed by atoms with Gasteiger partial charge in [-0.25, -0.2) is 4.39 Å². The molecule has 0 aliphatic heterocycles.